The van der Waals surface area contributed by atoms with E-state index < -0.39 is 18.7 Å². The fourth-order valence-corrected chi connectivity index (χ4v) is 2.53. The van der Waals surface area contributed by atoms with E-state index in [1.54, 1.807) is 52.8 Å². The number of aliphatic hydroxyl groups excluding tert-OH is 1. The Labute approximate surface area is 130 Å². The average molecular weight is 324 g/mol. The molecule has 0 aliphatic carbocycles. The van der Waals surface area contributed by atoms with Gasteiger partial charge in [-0.1, -0.05) is 12.1 Å². The number of aliphatic hydroxyl groups is 1. The van der Waals surface area contributed by atoms with Crippen molar-refractivity contribution in [1.29, 1.82) is 0 Å². The van der Waals surface area contributed by atoms with E-state index in [1.807, 2.05) is 0 Å². The van der Waals surface area contributed by atoms with Crippen LogP contribution in [0.4, 0.5) is 13.2 Å². The summed E-state index contributed by atoms with van der Waals surface area (Å²) in [7, 11) is 1.75. The Morgan fingerprint density at radius 2 is 1.96 bits per heavy atom. The molecule has 122 valence electrons. The third-order valence-corrected chi connectivity index (χ3v) is 3.46. The van der Waals surface area contributed by atoms with E-state index in [0.717, 1.165) is 0 Å². The van der Waals surface area contributed by atoms with E-state index in [2.05, 4.69) is 10.1 Å². The number of hydrogen-bond donors (Lipinski definition) is 1. The lowest BCUT2D eigenvalue weighted by Gasteiger charge is -2.15. The maximum atomic E-state index is 12.5. The summed E-state index contributed by atoms with van der Waals surface area (Å²) in [6.45, 7) is -0.202. The minimum absolute atomic E-state index is 0.202. The highest BCUT2D eigenvalue weighted by Gasteiger charge is 2.31. The topological polar surface area (TPSA) is 55.9 Å². The minimum Gasteiger partial charge on any atom is -0.391 e. The van der Waals surface area contributed by atoms with Crippen LogP contribution in [0.15, 0.2) is 36.5 Å². The Morgan fingerprint density at radius 3 is 2.61 bits per heavy atom. The highest BCUT2D eigenvalue weighted by atomic mass is 19.4. The monoisotopic (exact) mass is 324 g/mol. The Hall–Kier alpha value is -2.35. The van der Waals surface area contributed by atoms with Crippen molar-refractivity contribution in [3.63, 3.8) is 0 Å². The van der Waals surface area contributed by atoms with E-state index in [4.69, 9.17) is 0 Å². The molecule has 1 atom stereocenters. The van der Waals surface area contributed by atoms with Crippen LogP contribution in [0.3, 0.4) is 0 Å². The van der Waals surface area contributed by atoms with Crippen LogP contribution < -0.4 is 0 Å². The number of para-hydroxylation sites is 2. The Bertz CT molecular complexity index is 822. The van der Waals surface area contributed by atoms with Crippen molar-refractivity contribution in [2.24, 2.45) is 7.05 Å². The molecule has 5 nitrogen and oxygen atoms in total. The Balaban J connectivity index is 2.03. The summed E-state index contributed by atoms with van der Waals surface area (Å²) >= 11 is 0. The van der Waals surface area contributed by atoms with Gasteiger partial charge in [0.1, 0.15) is 5.69 Å². The zero-order chi connectivity index (χ0) is 16.6. The molecule has 3 rings (SSSR count). The number of nitrogens with zero attached hydrogens (tertiary/aromatic N) is 4. The number of aromatic nitrogens is 4. The molecular formula is C15H15F3N4O. The molecule has 0 saturated carbocycles. The van der Waals surface area contributed by atoms with Gasteiger partial charge in [0.2, 0.25) is 0 Å². The quantitative estimate of drug-likeness (QED) is 0.803. The summed E-state index contributed by atoms with van der Waals surface area (Å²) in [6, 6.07) is 8.84. The maximum Gasteiger partial charge on any atom is 0.391 e. The number of alkyl halides is 3. The molecule has 0 radical (unpaired) electrons. The number of fused-ring (bicyclic) bond motifs is 1. The summed E-state index contributed by atoms with van der Waals surface area (Å²) in [5.74, 6) is 0.438. The third-order valence-electron chi connectivity index (χ3n) is 3.46. The number of benzene rings is 1. The molecule has 1 unspecified atom stereocenters. The first-order chi connectivity index (χ1) is 10.8. The lowest BCUT2D eigenvalue weighted by Crippen LogP contribution is -2.24. The first-order valence-electron chi connectivity index (χ1n) is 7.03. The second kappa shape index (κ2) is 5.69. The van der Waals surface area contributed by atoms with E-state index in [-0.39, 0.29) is 6.54 Å². The van der Waals surface area contributed by atoms with Crippen LogP contribution in [-0.2, 0) is 13.6 Å². The lowest BCUT2D eigenvalue weighted by atomic mass is 10.2. The van der Waals surface area contributed by atoms with Gasteiger partial charge in [-0.25, -0.2) is 4.98 Å². The summed E-state index contributed by atoms with van der Waals surface area (Å²) in [5.41, 5.74) is 1.85. The molecular weight excluding hydrogens is 309 g/mol. The van der Waals surface area contributed by atoms with Gasteiger partial charge in [0.05, 0.1) is 30.1 Å². The van der Waals surface area contributed by atoms with Crippen molar-refractivity contribution in [2.45, 2.75) is 25.2 Å². The Morgan fingerprint density at radius 1 is 1.22 bits per heavy atom. The minimum atomic E-state index is -4.42. The molecule has 0 bridgehead atoms. The molecule has 0 saturated heterocycles. The second-order valence-corrected chi connectivity index (χ2v) is 5.38. The predicted octanol–water partition coefficient (Wildman–Crippen LogP) is 2.75. The van der Waals surface area contributed by atoms with Crippen LogP contribution in [0.1, 0.15) is 6.42 Å². The normalized spacial score (nSPS) is 13.6. The SMILES string of the molecule is Cn1ccc(-c2nc3ccccc3n2CC(O)CC(F)(F)F)n1. The molecule has 1 N–H and O–H groups in total. The van der Waals surface area contributed by atoms with E-state index >= 15 is 0 Å². The first-order valence-corrected chi connectivity index (χ1v) is 7.03. The molecule has 0 aliphatic heterocycles. The van der Waals surface area contributed by atoms with Gasteiger partial charge in [-0.05, 0) is 18.2 Å². The average Bonchev–Trinajstić information content (AvgIpc) is 3.01. The summed E-state index contributed by atoms with van der Waals surface area (Å²) in [6.07, 6.45) is -5.50. The molecule has 0 amide bonds. The molecule has 23 heavy (non-hydrogen) atoms. The van der Waals surface area contributed by atoms with Crippen molar-refractivity contribution < 1.29 is 18.3 Å². The van der Waals surface area contributed by atoms with Crippen molar-refractivity contribution in [3.05, 3.63) is 36.5 Å². The van der Waals surface area contributed by atoms with Crippen molar-refractivity contribution in [2.75, 3.05) is 0 Å². The van der Waals surface area contributed by atoms with Crippen molar-refractivity contribution >= 4 is 11.0 Å². The van der Waals surface area contributed by atoms with Gasteiger partial charge in [-0.2, -0.15) is 18.3 Å². The van der Waals surface area contributed by atoms with Gasteiger partial charge in [0.15, 0.2) is 5.82 Å². The molecule has 0 fully saturated rings. The second-order valence-electron chi connectivity index (χ2n) is 5.38. The largest absolute Gasteiger partial charge is 0.391 e. The van der Waals surface area contributed by atoms with Gasteiger partial charge in [0, 0.05) is 13.2 Å². The molecule has 0 spiro atoms. The fourth-order valence-electron chi connectivity index (χ4n) is 2.53. The third kappa shape index (κ3) is 3.37. The number of aryl methyl sites for hydroxylation is 1. The van der Waals surface area contributed by atoms with Crippen LogP contribution in [0.2, 0.25) is 0 Å². The van der Waals surface area contributed by atoms with E-state index in [9.17, 15) is 18.3 Å². The number of hydrogen-bond acceptors (Lipinski definition) is 3. The van der Waals surface area contributed by atoms with E-state index in [0.29, 0.717) is 22.6 Å². The van der Waals surface area contributed by atoms with Gasteiger partial charge in [0.25, 0.3) is 0 Å². The standard InChI is InChI=1S/C15H15F3N4O/c1-21-7-6-12(20-21)14-19-11-4-2-3-5-13(11)22(14)9-10(23)8-15(16,17)18/h2-7,10,23H,8-9H2,1H3. The first kappa shape index (κ1) is 15.5. The highest BCUT2D eigenvalue weighted by molar-refractivity contribution is 5.79. The number of halogens is 3. The highest BCUT2D eigenvalue weighted by Crippen LogP contribution is 2.27. The molecule has 2 aromatic heterocycles. The predicted molar refractivity (Wildman–Crippen MR) is 78.6 cm³/mol. The van der Waals surface area contributed by atoms with Gasteiger partial charge >= 0.3 is 6.18 Å². The van der Waals surface area contributed by atoms with Crippen LogP contribution >= 0.6 is 0 Å². The maximum absolute atomic E-state index is 12.5. The van der Waals surface area contributed by atoms with Crippen LogP contribution in [0, 0.1) is 0 Å². The van der Waals surface area contributed by atoms with Crippen molar-refractivity contribution in [1.82, 2.24) is 19.3 Å². The van der Waals surface area contributed by atoms with Crippen LogP contribution in [0.5, 0.6) is 0 Å². The molecule has 0 aliphatic rings. The smallest absolute Gasteiger partial charge is 0.391 e. The van der Waals surface area contributed by atoms with Crippen LogP contribution in [0.25, 0.3) is 22.6 Å². The number of imidazole rings is 1. The van der Waals surface area contributed by atoms with Gasteiger partial charge in [-0.3, -0.25) is 4.68 Å². The summed E-state index contributed by atoms with van der Waals surface area (Å²) in [4.78, 5) is 4.44. The molecule has 1 aromatic carbocycles. The fraction of sp³-hybridized carbons (Fsp3) is 0.333. The zero-order valence-corrected chi connectivity index (χ0v) is 12.3. The molecule has 8 heteroatoms. The lowest BCUT2D eigenvalue weighted by molar-refractivity contribution is -0.154. The Kier molecular flexibility index (Phi) is 3.85. The van der Waals surface area contributed by atoms with E-state index in [1.165, 1.54) is 0 Å². The number of rotatable bonds is 4. The summed E-state index contributed by atoms with van der Waals surface area (Å²) < 4.78 is 40.6. The van der Waals surface area contributed by atoms with Gasteiger partial charge < -0.3 is 9.67 Å². The molecule has 2 heterocycles. The van der Waals surface area contributed by atoms with Crippen LogP contribution in [-0.4, -0.2) is 36.7 Å². The molecule has 3 aromatic rings. The van der Waals surface area contributed by atoms with Gasteiger partial charge in [-0.15, -0.1) is 0 Å². The zero-order valence-electron chi connectivity index (χ0n) is 12.3. The van der Waals surface area contributed by atoms with Crippen molar-refractivity contribution in [3.8, 4) is 11.5 Å². The summed E-state index contributed by atoms with van der Waals surface area (Å²) in [5, 5.41) is 14.0.